The van der Waals surface area contributed by atoms with E-state index in [0.717, 1.165) is 23.3 Å². The molecule has 0 rings (SSSR count). The molecule has 0 radical (unpaired) electrons. The lowest BCUT2D eigenvalue weighted by Gasteiger charge is -2.03. The van der Waals surface area contributed by atoms with Crippen molar-refractivity contribution in [3.63, 3.8) is 0 Å². The highest BCUT2D eigenvalue weighted by atomic mass is 32.1. The molecular weight excluding hydrogens is 202 g/mol. The van der Waals surface area contributed by atoms with Crippen LogP contribution < -0.4 is 5.73 Å². The summed E-state index contributed by atoms with van der Waals surface area (Å²) in [4.78, 5) is 0.930. The molecule has 0 amide bonds. The summed E-state index contributed by atoms with van der Waals surface area (Å²) in [5.74, 6) is 2.89. The van der Waals surface area contributed by atoms with E-state index in [4.69, 9.17) is 5.73 Å². The lowest BCUT2D eigenvalue weighted by molar-refractivity contribution is 1.13. The number of thiol groups is 1. The highest BCUT2D eigenvalue weighted by Crippen LogP contribution is 2.18. The van der Waals surface area contributed by atoms with E-state index in [-0.39, 0.29) is 0 Å². The lowest BCUT2D eigenvalue weighted by Crippen LogP contribution is -1.88. The minimum atomic E-state index is 0.803. The molecule has 0 unspecified atom stereocenters. The van der Waals surface area contributed by atoms with Gasteiger partial charge >= 0.3 is 0 Å². The number of nitrogens with two attached hydrogens (primary N) is 1. The van der Waals surface area contributed by atoms with Crippen molar-refractivity contribution in [2.75, 3.05) is 0 Å². The van der Waals surface area contributed by atoms with E-state index in [9.17, 15) is 0 Å². The highest BCUT2D eigenvalue weighted by Gasteiger charge is 1.99. The zero-order valence-corrected chi connectivity index (χ0v) is 10.6. The number of hydrogen-bond donors (Lipinski definition) is 2. The van der Waals surface area contributed by atoms with Crippen LogP contribution in [0.1, 0.15) is 33.6 Å². The minimum Gasteiger partial charge on any atom is -0.359 e. The first-order valence-corrected chi connectivity index (χ1v) is 5.52. The molecule has 0 saturated carbocycles. The van der Waals surface area contributed by atoms with E-state index in [1.165, 1.54) is 5.57 Å². The fraction of sp³-hybridized carbons (Fsp3) is 0.385. The lowest BCUT2D eigenvalue weighted by atomic mass is 10.0. The van der Waals surface area contributed by atoms with Gasteiger partial charge in [-0.05, 0) is 36.7 Å². The third-order valence-electron chi connectivity index (χ3n) is 1.89. The van der Waals surface area contributed by atoms with Gasteiger partial charge in [0.2, 0.25) is 0 Å². The van der Waals surface area contributed by atoms with Gasteiger partial charge in [-0.3, -0.25) is 0 Å². The van der Waals surface area contributed by atoms with Gasteiger partial charge in [-0.15, -0.1) is 12.6 Å². The SMILES string of the molecule is C/C=C\C(=C/CC)C/C(C#CN)=C(/C)S. The zero-order valence-electron chi connectivity index (χ0n) is 9.67. The molecule has 15 heavy (non-hydrogen) atoms. The Labute approximate surface area is 98.5 Å². The summed E-state index contributed by atoms with van der Waals surface area (Å²) < 4.78 is 0. The summed E-state index contributed by atoms with van der Waals surface area (Å²) in [5.41, 5.74) is 7.46. The summed E-state index contributed by atoms with van der Waals surface area (Å²) in [6, 6.07) is 2.43. The third kappa shape index (κ3) is 6.09. The maximum atomic E-state index is 5.22. The molecule has 0 fully saturated rings. The Morgan fingerprint density at radius 3 is 2.53 bits per heavy atom. The predicted octanol–water partition coefficient (Wildman–Crippen LogP) is 3.41. The van der Waals surface area contributed by atoms with Crippen molar-refractivity contribution >= 4 is 12.6 Å². The van der Waals surface area contributed by atoms with E-state index < -0.39 is 0 Å². The highest BCUT2D eigenvalue weighted by molar-refractivity contribution is 7.84. The van der Waals surface area contributed by atoms with Crippen LogP contribution in [-0.4, -0.2) is 0 Å². The van der Waals surface area contributed by atoms with Crippen LogP contribution in [0.2, 0.25) is 0 Å². The molecule has 0 aromatic rings. The van der Waals surface area contributed by atoms with E-state index in [1.807, 2.05) is 19.9 Å². The molecule has 0 aromatic heterocycles. The number of rotatable bonds is 4. The van der Waals surface area contributed by atoms with Crippen LogP contribution in [-0.2, 0) is 0 Å². The molecule has 0 bridgehead atoms. The standard InChI is InChI=1S/C13H19NS/c1-4-6-12(7-5-2)10-13(8-9-14)11(3)15/h4,6-7,15H,5,10,14H2,1-3H3/b6-4-,12-7+,13-11-. The molecule has 0 aromatic carbocycles. The van der Waals surface area contributed by atoms with Crippen molar-refractivity contribution in [1.82, 2.24) is 0 Å². The first-order chi connectivity index (χ1) is 7.15. The van der Waals surface area contributed by atoms with Crippen molar-refractivity contribution < 1.29 is 0 Å². The first-order valence-electron chi connectivity index (χ1n) is 5.07. The van der Waals surface area contributed by atoms with E-state index in [0.29, 0.717) is 0 Å². The Kier molecular flexibility index (Phi) is 7.67. The van der Waals surface area contributed by atoms with Crippen molar-refractivity contribution in [3.8, 4) is 12.0 Å². The Bertz CT molecular complexity index is 333. The maximum Gasteiger partial charge on any atom is 0.0172 e. The number of allylic oxidation sites excluding steroid dienone is 6. The van der Waals surface area contributed by atoms with Crippen LogP contribution in [0.25, 0.3) is 0 Å². The molecule has 2 N–H and O–H groups in total. The van der Waals surface area contributed by atoms with Crippen LogP contribution in [0.15, 0.2) is 34.3 Å². The quantitative estimate of drug-likeness (QED) is 0.323. The summed E-state index contributed by atoms with van der Waals surface area (Å²) in [7, 11) is 0. The molecule has 1 nitrogen and oxygen atoms in total. The number of hydrogen-bond acceptors (Lipinski definition) is 2. The van der Waals surface area contributed by atoms with Gasteiger partial charge in [-0.2, -0.15) is 0 Å². The monoisotopic (exact) mass is 221 g/mol. The average Bonchev–Trinajstić information content (AvgIpc) is 2.17. The fourth-order valence-electron chi connectivity index (χ4n) is 1.23. The van der Waals surface area contributed by atoms with Crippen LogP contribution in [0.4, 0.5) is 0 Å². The molecule has 0 atom stereocenters. The second-order valence-electron chi connectivity index (χ2n) is 3.20. The molecule has 82 valence electrons. The normalized spacial score (nSPS) is 13.5. The van der Waals surface area contributed by atoms with Gasteiger partial charge in [0.25, 0.3) is 0 Å². The molecule has 0 aliphatic rings. The van der Waals surface area contributed by atoms with E-state index in [1.54, 1.807) is 0 Å². The van der Waals surface area contributed by atoms with Crippen LogP contribution >= 0.6 is 12.6 Å². The molecule has 0 aliphatic heterocycles. The van der Waals surface area contributed by atoms with Gasteiger partial charge in [0, 0.05) is 18.0 Å². The van der Waals surface area contributed by atoms with Gasteiger partial charge in [0.05, 0.1) is 0 Å². The second-order valence-corrected chi connectivity index (χ2v) is 3.87. The van der Waals surface area contributed by atoms with Crippen molar-refractivity contribution in [2.24, 2.45) is 5.73 Å². The Balaban J connectivity index is 4.84. The van der Waals surface area contributed by atoms with Crippen molar-refractivity contribution in [2.45, 2.75) is 33.6 Å². The summed E-state index contributed by atoms with van der Waals surface area (Å²) in [6.07, 6.45) is 8.14. The second kappa shape index (κ2) is 8.26. The van der Waals surface area contributed by atoms with Gasteiger partial charge in [-0.1, -0.05) is 25.2 Å². The van der Waals surface area contributed by atoms with Crippen molar-refractivity contribution in [1.29, 1.82) is 0 Å². The average molecular weight is 221 g/mol. The first kappa shape index (κ1) is 13.9. The Hall–Kier alpha value is -1.07. The Morgan fingerprint density at radius 1 is 1.47 bits per heavy atom. The molecule has 0 spiro atoms. The molecule has 2 heteroatoms. The van der Waals surface area contributed by atoms with Gasteiger partial charge in [0.1, 0.15) is 0 Å². The third-order valence-corrected chi connectivity index (χ3v) is 2.16. The predicted molar refractivity (Wildman–Crippen MR) is 71.5 cm³/mol. The molecule has 0 heterocycles. The molecule has 0 saturated heterocycles. The van der Waals surface area contributed by atoms with E-state index in [2.05, 4.69) is 43.7 Å². The van der Waals surface area contributed by atoms with Gasteiger partial charge in [-0.25, -0.2) is 0 Å². The smallest absolute Gasteiger partial charge is 0.0172 e. The maximum absolute atomic E-state index is 5.22. The Morgan fingerprint density at radius 2 is 2.13 bits per heavy atom. The van der Waals surface area contributed by atoms with Crippen LogP contribution in [0, 0.1) is 12.0 Å². The minimum absolute atomic E-state index is 0.803. The topological polar surface area (TPSA) is 26.0 Å². The summed E-state index contributed by atoms with van der Waals surface area (Å²) >= 11 is 4.31. The van der Waals surface area contributed by atoms with Gasteiger partial charge < -0.3 is 5.73 Å². The molecule has 0 aliphatic carbocycles. The summed E-state index contributed by atoms with van der Waals surface area (Å²) in [6.45, 7) is 6.06. The van der Waals surface area contributed by atoms with Crippen LogP contribution in [0.5, 0.6) is 0 Å². The van der Waals surface area contributed by atoms with E-state index >= 15 is 0 Å². The van der Waals surface area contributed by atoms with Gasteiger partial charge in [0.15, 0.2) is 0 Å². The summed E-state index contributed by atoms with van der Waals surface area (Å²) in [5, 5.41) is 0. The largest absolute Gasteiger partial charge is 0.359 e. The zero-order chi connectivity index (χ0) is 11.7. The van der Waals surface area contributed by atoms with Crippen molar-refractivity contribution in [3.05, 3.63) is 34.3 Å². The molecular formula is C13H19NS. The van der Waals surface area contributed by atoms with Crippen LogP contribution in [0.3, 0.4) is 0 Å². The fourth-order valence-corrected chi connectivity index (χ4v) is 1.36.